The molecule has 5 rings (SSSR count). The standard InChI is InChI=1S/C24H13BrClN3O4/c25-19-4-2-1-3-17(19)24-28-21-11-14(5-9-23(21)33-24)27-13-16-7-10-22(32-16)18-12-15(29(30)31)6-8-20(18)26/h1-13H. The molecule has 0 radical (unpaired) electrons. The lowest BCUT2D eigenvalue weighted by Crippen LogP contribution is -1.88. The third-order valence-corrected chi connectivity index (χ3v) is 5.89. The molecule has 0 fully saturated rings. The molecule has 0 aliphatic heterocycles. The van der Waals surface area contributed by atoms with Crippen LogP contribution in [0.15, 0.2) is 91.1 Å². The molecule has 0 unspecified atom stereocenters. The zero-order chi connectivity index (χ0) is 22.9. The highest BCUT2D eigenvalue weighted by Crippen LogP contribution is 2.33. The molecular formula is C24H13BrClN3O4. The molecule has 9 heteroatoms. The number of oxazole rings is 1. The Labute approximate surface area is 200 Å². The van der Waals surface area contributed by atoms with Gasteiger partial charge in [-0.25, -0.2) is 4.98 Å². The van der Waals surface area contributed by atoms with Crippen LogP contribution in [0.4, 0.5) is 11.4 Å². The van der Waals surface area contributed by atoms with Crippen molar-refractivity contribution < 1.29 is 13.8 Å². The van der Waals surface area contributed by atoms with E-state index < -0.39 is 4.92 Å². The summed E-state index contributed by atoms with van der Waals surface area (Å²) in [5, 5.41) is 11.4. The maximum Gasteiger partial charge on any atom is 0.270 e. The van der Waals surface area contributed by atoms with Gasteiger partial charge in [0.15, 0.2) is 5.58 Å². The number of hydrogen-bond donors (Lipinski definition) is 0. The van der Waals surface area contributed by atoms with Crippen molar-refractivity contribution in [3.63, 3.8) is 0 Å². The number of aromatic nitrogens is 1. The van der Waals surface area contributed by atoms with E-state index >= 15 is 0 Å². The summed E-state index contributed by atoms with van der Waals surface area (Å²) in [4.78, 5) is 19.6. The van der Waals surface area contributed by atoms with Gasteiger partial charge in [-0.3, -0.25) is 15.1 Å². The van der Waals surface area contributed by atoms with E-state index in [0.29, 0.717) is 44.8 Å². The molecule has 0 spiro atoms. The molecular weight excluding hydrogens is 510 g/mol. The number of rotatable bonds is 5. The number of non-ortho nitro benzene ring substituents is 1. The number of nitro benzene ring substituents is 1. The van der Waals surface area contributed by atoms with Crippen LogP contribution in [0.3, 0.4) is 0 Å². The van der Waals surface area contributed by atoms with Crippen molar-refractivity contribution in [1.29, 1.82) is 0 Å². The first-order valence-corrected chi connectivity index (χ1v) is 10.9. The molecule has 0 atom stereocenters. The molecule has 0 N–H and O–H groups in total. The minimum atomic E-state index is -0.479. The number of nitro groups is 1. The Bertz CT molecular complexity index is 1540. The minimum absolute atomic E-state index is 0.0659. The van der Waals surface area contributed by atoms with E-state index in [1.165, 1.54) is 18.2 Å². The fourth-order valence-electron chi connectivity index (χ4n) is 3.27. The molecule has 0 bridgehead atoms. The molecule has 162 valence electrons. The highest BCUT2D eigenvalue weighted by Gasteiger charge is 2.14. The van der Waals surface area contributed by atoms with Crippen LogP contribution in [0.1, 0.15) is 5.76 Å². The van der Waals surface area contributed by atoms with Crippen molar-refractivity contribution >= 4 is 56.2 Å². The van der Waals surface area contributed by atoms with Gasteiger partial charge in [0.2, 0.25) is 5.89 Å². The van der Waals surface area contributed by atoms with Gasteiger partial charge in [0.1, 0.15) is 17.0 Å². The number of benzene rings is 3. The Morgan fingerprint density at radius 3 is 2.67 bits per heavy atom. The summed E-state index contributed by atoms with van der Waals surface area (Å²) in [5.74, 6) is 1.40. The minimum Gasteiger partial charge on any atom is -0.455 e. The highest BCUT2D eigenvalue weighted by atomic mass is 79.9. The lowest BCUT2D eigenvalue weighted by molar-refractivity contribution is -0.384. The van der Waals surface area contributed by atoms with Crippen LogP contribution in [-0.2, 0) is 0 Å². The van der Waals surface area contributed by atoms with E-state index in [-0.39, 0.29) is 5.69 Å². The SMILES string of the molecule is O=[N+]([O-])c1ccc(Cl)c(-c2ccc(C=Nc3ccc4oc(-c5ccccc5Br)nc4c3)o2)c1. The first kappa shape index (κ1) is 21.1. The third kappa shape index (κ3) is 4.30. The molecule has 0 saturated heterocycles. The van der Waals surface area contributed by atoms with Gasteiger partial charge in [0.05, 0.1) is 27.4 Å². The molecule has 2 aromatic heterocycles. The number of fused-ring (bicyclic) bond motifs is 1. The monoisotopic (exact) mass is 521 g/mol. The number of aliphatic imine (C=N–C) groups is 1. The van der Waals surface area contributed by atoms with E-state index in [1.807, 2.05) is 42.5 Å². The van der Waals surface area contributed by atoms with Crippen molar-refractivity contribution in [3.8, 4) is 22.8 Å². The maximum absolute atomic E-state index is 11.0. The van der Waals surface area contributed by atoms with Crippen LogP contribution in [0.25, 0.3) is 33.9 Å². The zero-order valence-corrected chi connectivity index (χ0v) is 19.1. The Morgan fingerprint density at radius 2 is 1.85 bits per heavy atom. The van der Waals surface area contributed by atoms with Crippen LogP contribution in [0, 0.1) is 10.1 Å². The van der Waals surface area contributed by atoms with Gasteiger partial charge in [-0.15, -0.1) is 0 Å². The summed E-state index contributed by atoms with van der Waals surface area (Å²) in [6.07, 6.45) is 1.56. The van der Waals surface area contributed by atoms with Crippen LogP contribution in [0.5, 0.6) is 0 Å². The van der Waals surface area contributed by atoms with Gasteiger partial charge in [-0.1, -0.05) is 23.7 Å². The normalized spacial score (nSPS) is 11.5. The fraction of sp³-hybridized carbons (Fsp3) is 0. The van der Waals surface area contributed by atoms with Gasteiger partial charge < -0.3 is 8.83 Å². The van der Waals surface area contributed by atoms with Gasteiger partial charge in [0.25, 0.3) is 5.69 Å². The Balaban J connectivity index is 1.41. The molecule has 33 heavy (non-hydrogen) atoms. The van der Waals surface area contributed by atoms with Crippen molar-refractivity contribution in [3.05, 3.63) is 98.2 Å². The molecule has 5 aromatic rings. The summed E-state index contributed by atoms with van der Waals surface area (Å²) < 4.78 is 12.5. The summed E-state index contributed by atoms with van der Waals surface area (Å²) in [5.41, 5.74) is 3.24. The van der Waals surface area contributed by atoms with E-state index in [2.05, 4.69) is 25.9 Å². The zero-order valence-electron chi connectivity index (χ0n) is 16.7. The van der Waals surface area contributed by atoms with Crippen LogP contribution in [-0.4, -0.2) is 16.1 Å². The van der Waals surface area contributed by atoms with Gasteiger partial charge >= 0.3 is 0 Å². The highest BCUT2D eigenvalue weighted by molar-refractivity contribution is 9.10. The quantitative estimate of drug-likeness (QED) is 0.133. The maximum atomic E-state index is 11.0. The first-order chi connectivity index (χ1) is 16.0. The number of halogens is 2. The number of nitrogens with zero attached hydrogens (tertiary/aromatic N) is 3. The third-order valence-electron chi connectivity index (χ3n) is 4.87. The topological polar surface area (TPSA) is 94.7 Å². The lowest BCUT2D eigenvalue weighted by Gasteiger charge is -2.00. The van der Waals surface area contributed by atoms with Crippen molar-refractivity contribution in [2.75, 3.05) is 0 Å². The van der Waals surface area contributed by atoms with E-state index in [9.17, 15) is 10.1 Å². The Morgan fingerprint density at radius 1 is 1.00 bits per heavy atom. The molecule has 0 aliphatic rings. The fourth-order valence-corrected chi connectivity index (χ4v) is 3.93. The first-order valence-electron chi connectivity index (χ1n) is 9.72. The second-order valence-electron chi connectivity index (χ2n) is 7.03. The summed E-state index contributed by atoms with van der Waals surface area (Å²) >= 11 is 9.71. The van der Waals surface area contributed by atoms with E-state index in [4.69, 9.17) is 20.4 Å². The van der Waals surface area contributed by atoms with E-state index in [0.717, 1.165) is 10.0 Å². The lowest BCUT2D eigenvalue weighted by atomic mass is 10.1. The molecule has 3 aromatic carbocycles. The van der Waals surface area contributed by atoms with Crippen LogP contribution < -0.4 is 0 Å². The summed E-state index contributed by atoms with van der Waals surface area (Å²) in [6, 6.07) is 20.7. The molecule has 0 saturated carbocycles. The van der Waals surface area contributed by atoms with Gasteiger partial charge in [0, 0.05) is 22.2 Å². The Hall–Kier alpha value is -3.75. The number of furan rings is 1. The van der Waals surface area contributed by atoms with Crippen molar-refractivity contribution in [2.24, 2.45) is 4.99 Å². The second-order valence-corrected chi connectivity index (χ2v) is 8.29. The summed E-state index contributed by atoms with van der Waals surface area (Å²) in [7, 11) is 0. The second kappa shape index (κ2) is 8.65. The predicted molar refractivity (Wildman–Crippen MR) is 130 cm³/mol. The van der Waals surface area contributed by atoms with Gasteiger partial charge in [-0.2, -0.15) is 0 Å². The molecule has 0 amide bonds. The molecule has 0 aliphatic carbocycles. The largest absolute Gasteiger partial charge is 0.455 e. The average Bonchev–Trinajstić information content (AvgIpc) is 3.45. The van der Waals surface area contributed by atoms with E-state index in [1.54, 1.807) is 18.3 Å². The predicted octanol–water partition coefficient (Wildman–Crippen LogP) is 7.83. The Kier molecular flexibility index (Phi) is 5.53. The molecule has 2 heterocycles. The number of hydrogen-bond acceptors (Lipinski definition) is 6. The average molecular weight is 523 g/mol. The van der Waals surface area contributed by atoms with Crippen molar-refractivity contribution in [2.45, 2.75) is 0 Å². The summed E-state index contributed by atoms with van der Waals surface area (Å²) in [6.45, 7) is 0. The van der Waals surface area contributed by atoms with Crippen molar-refractivity contribution in [1.82, 2.24) is 4.98 Å². The van der Waals surface area contributed by atoms with Gasteiger partial charge in [-0.05, 0) is 64.5 Å². The van der Waals surface area contributed by atoms with Crippen LogP contribution >= 0.6 is 27.5 Å². The smallest absolute Gasteiger partial charge is 0.270 e. The van der Waals surface area contributed by atoms with Crippen LogP contribution in [0.2, 0.25) is 5.02 Å². The molecule has 7 nitrogen and oxygen atoms in total.